The molecule has 2 aromatic rings. The van der Waals surface area contributed by atoms with Gasteiger partial charge >= 0.3 is 0 Å². The molecule has 13 heavy (non-hydrogen) atoms. The highest BCUT2D eigenvalue weighted by molar-refractivity contribution is 5.96. The number of rotatable bonds is 0. The molecule has 1 aromatic carbocycles. The Hall–Kier alpha value is -1.77. The normalized spacial score (nSPS) is 14.6. The van der Waals surface area contributed by atoms with Crippen LogP contribution in [0.3, 0.4) is 0 Å². The first-order valence-electron chi connectivity index (χ1n) is 4.23. The van der Waals surface area contributed by atoms with E-state index in [9.17, 15) is 4.79 Å². The number of amides is 1. The molecule has 0 unspecified atom stereocenters. The van der Waals surface area contributed by atoms with Crippen molar-refractivity contribution in [2.45, 2.75) is 6.42 Å². The maximum atomic E-state index is 11.1. The Bertz CT molecular complexity index is 499. The Morgan fingerprint density at radius 3 is 3.08 bits per heavy atom. The van der Waals surface area contributed by atoms with Crippen molar-refractivity contribution in [2.24, 2.45) is 0 Å². The monoisotopic (exact) mass is 172 g/mol. The second-order valence-corrected chi connectivity index (χ2v) is 3.24. The van der Waals surface area contributed by atoms with Crippen molar-refractivity contribution in [3.63, 3.8) is 0 Å². The smallest absolute Gasteiger partial charge is 0.244 e. The summed E-state index contributed by atoms with van der Waals surface area (Å²) >= 11 is 0. The van der Waals surface area contributed by atoms with Crippen molar-refractivity contribution < 1.29 is 4.79 Å². The van der Waals surface area contributed by atoms with Gasteiger partial charge < -0.3 is 0 Å². The lowest BCUT2D eigenvalue weighted by molar-refractivity contribution is -0.115. The quantitative estimate of drug-likeness (QED) is 0.638. The zero-order valence-corrected chi connectivity index (χ0v) is 6.95. The molecule has 0 bridgehead atoms. The molecule has 64 valence electrons. The molecule has 1 N–H and O–H groups in total. The highest BCUT2D eigenvalue weighted by Gasteiger charge is 2.19. The van der Waals surface area contributed by atoms with E-state index in [2.05, 4.69) is 5.43 Å². The molecule has 1 amide bonds. The van der Waals surface area contributed by atoms with Crippen LogP contribution in [0.5, 0.6) is 0 Å². The van der Waals surface area contributed by atoms with Gasteiger partial charge in [0.1, 0.15) is 0 Å². The van der Waals surface area contributed by atoms with E-state index in [4.69, 9.17) is 0 Å². The van der Waals surface area contributed by atoms with Crippen LogP contribution in [-0.4, -0.2) is 10.6 Å². The molecule has 3 nitrogen and oxygen atoms in total. The minimum atomic E-state index is 0.0701. The van der Waals surface area contributed by atoms with Gasteiger partial charge in [-0.15, -0.1) is 0 Å². The Balaban J connectivity index is 2.37. The predicted octanol–water partition coefficient (Wildman–Crippen LogP) is 1.27. The molecule has 0 atom stereocenters. The Morgan fingerprint density at radius 2 is 2.15 bits per heavy atom. The first kappa shape index (κ1) is 6.71. The van der Waals surface area contributed by atoms with E-state index in [1.165, 1.54) is 10.8 Å². The molecular formula is C10H8N2O. The van der Waals surface area contributed by atoms with Crippen LogP contribution in [0.2, 0.25) is 0 Å². The summed E-state index contributed by atoms with van der Waals surface area (Å²) in [6.45, 7) is 0. The highest BCUT2D eigenvalue weighted by Crippen LogP contribution is 2.23. The number of nitrogens with zero attached hydrogens (tertiary/aromatic N) is 1. The largest absolute Gasteiger partial charge is 0.273 e. The van der Waals surface area contributed by atoms with Crippen molar-refractivity contribution in [1.29, 1.82) is 0 Å². The number of carbonyl (C=O) groups excluding carboxylic acids is 1. The maximum absolute atomic E-state index is 11.1. The predicted molar refractivity (Wildman–Crippen MR) is 50.0 cm³/mol. The number of hydrogen-bond donors (Lipinski definition) is 1. The fraction of sp³-hybridized carbons (Fsp3) is 0.100. The summed E-state index contributed by atoms with van der Waals surface area (Å²) in [7, 11) is 0. The Kier molecular flexibility index (Phi) is 1.10. The van der Waals surface area contributed by atoms with Crippen molar-refractivity contribution in [3.05, 3.63) is 36.2 Å². The van der Waals surface area contributed by atoms with Gasteiger partial charge in [0.15, 0.2) is 0 Å². The molecule has 1 aromatic heterocycles. The molecule has 0 spiro atoms. The fourth-order valence-corrected chi connectivity index (χ4v) is 1.83. The second-order valence-electron chi connectivity index (χ2n) is 3.24. The molecule has 0 saturated carbocycles. The number of fused-ring (bicyclic) bond motifs is 3. The third-order valence-corrected chi connectivity index (χ3v) is 2.40. The molecule has 0 saturated heterocycles. The first-order valence-corrected chi connectivity index (χ1v) is 4.23. The van der Waals surface area contributed by atoms with Crippen LogP contribution in [0.15, 0.2) is 30.5 Å². The highest BCUT2D eigenvalue weighted by atomic mass is 16.2. The van der Waals surface area contributed by atoms with Crippen LogP contribution in [0.1, 0.15) is 5.69 Å². The van der Waals surface area contributed by atoms with E-state index in [1.807, 2.05) is 35.1 Å². The number of nitrogens with one attached hydrogen (secondary N) is 1. The van der Waals surface area contributed by atoms with Gasteiger partial charge in [0.05, 0.1) is 12.1 Å². The minimum Gasteiger partial charge on any atom is -0.273 e. The van der Waals surface area contributed by atoms with Gasteiger partial charge in [0.2, 0.25) is 5.91 Å². The van der Waals surface area contributed by atoms with E-state index in [0.29, 0.717) is 6.42 Å². The second kappa shape index (κ2) is 2.13. The minimum absolute atomic E-state index is 0.0701. The Labute approximate surface area is 74.9 Å². The van der Waals surface area contributed by atoms with Crippen LogP contribution < -0.4 is 5.43 Å². The molecule has 2 heterocycles. The zero-order chi connectivity index (χ0) is 8.84. The van der Waals surface area contributed by atoms with Gasteiger partial charge in [0.25, 0.3) is 0 Å². The van der Waals surface area contributed by atoms with Gasteiger partial charge in [-0.2, -0.15) is 0 Å². The summed E-state index contributed by atoms with van der Waals surface area (Å²) < 4.78 is 1.81. The number of carbonyl (C=O) groups is 1. The van der Waals surface area contributed by atoms with Crippen molar-refractivity contribution in [2.75, 3.05) is 5.43 Å². The van der Waals surface area contributed by atoms with Gasteiger partial charge in [-0.05, 0) is 0 Å². The molecule has 1 aliphatic rings. The van der Waals surface area contributed by atoms with Gasteiger partial charge in [-0.1, -0.05) is 24.3 Å². The number of benzene rings is 1. The lowest BCUT2D eigenvalue weighted by Gasteiger charge is -1.93. The van der Waals surface area contributed by atoms with E-state index in [0.717, 1.165) is 5.69 Å². The van der Waals surface area contributed by atoms with E-state index >= 15 is 0 Å². The zero-order valence-electron chi connectivity index (χ0n) is 6.95. The van der Waals surface area contributed by atoms with Crippen LogP contribution in [0.25, 0.3) is 10.8 Å². The maximum Gasteiger partial charge on any atom is 0.244 e. The standard InChI is InChI=1S/C10H8N2O/c13-10-5-9-8-4-2-1-3-7(8)6-12(9)11-10/h1-4,6H,5H2,(H,11,13). The summed E-state index contributed by atoms with van der Waals surface area (Å²) in [4.78, 5) is 11.1. The molecular weight excluding hydrogens is 164 g/mol. The third-order valence-electron chi connectivity index (χ3n) is 2.40. The van der Waals surface area contributed by atoms with Crippen molar-refractivity contribution in [1.82, 2.24) is 4.68 Å². The molecule has 0 aliphatic carbocycles. The summed E-state index contributed by atoms with van der Waals surface area (Å²) in [5.74, 6) is 0.0701. The summed E-state index contributed by atoms with van der Waals surface area (Å²) in [5.41, 5.74) is 3.83. The summed E-state index contributed by atoms with van der Waals surface area (Å²) in [5, 5.41) is 2.35. The Morgan fingerprint density at radius 1 is 1.31 bits per heavy atom. The number of hydrogen-bond acceptors (Lipinski definition) is 1. The van der Waals surface area contributed by atoms with E-state index < -0.39 is 0 Å². The average Bonchev–Trinajstić information content (AvgIpc) is 2.60. The molecule has 3 rings (SSSR count). The van der Waals surface area contributed by atoms with Gasteiger partial charge in [-0.25, -0.2) is 0 Å². The lowest BCUT2D eigenvalue weighted by atomic mass is 10.1. The molecule has 3 heteroatoms. The van der Waals surface area contributed by atoms with E-state index in [-0.39, 0.29) is 5.91 Å². The topological polar surface area (TPSA) is 34.0 Å². The first-order chi connectivity index (χ1) is 6.34. The van der Waals surface area contributed by atoms with Crippen LogP contribution in [0.4, 0.5) is 0 Å². The third kappa shape index (κ3) is 0.811. The van der Waals surface area contributed by atoms with Crippen molar-refractivity contribution in [3.8, 4) is 0 Å². The summed E-state index contributed by atoms with van der Waals surface area (Å²) in [6.07, 6.45) is 2.45. The van der Waals surface area contributed by atoms with Gasteiger partial charge in [-0.3, -0.25) is 14.9 Å². The average molecular weight is 172 g/mol. The molecule has 0 radical (unpaired) electrons. The van der Waals surface area contributed by atoms with Crippen molar-refractivity contribution >= 4 is 16.7 Å². The van der Waals surface area contributed by atoms with E-state index in [1.54, 1.807) is 0 Å². The molecule has 1 aliphatic heterocycles. The SMILES string of the molecule is O=C1Cc2c3ccccc3cn2N1. The summed E-state index contributed by atoms with van der Waals surface area (Å²) in [6, 6.07) is 8.08. The number of aromatic nitrogens is 1. The molecule has 0 fully saturated rings. The van der Waals surface area contributed by atoms with Gasteiger partial charge in [0, 0.05) is 17.0 Å². The van der Waals surface area contributed by atoms with Crippen LogP contribution in [-0.2, 0) is 11.2 Å². The fourth-order valence-electron chi connectivity index (χ4n) is 1.83. The lowest BCUT2D eigenvalue weighted by Crippen LogP contribution is -2.12. The van der Waals surface area contributed by atoms with Crippen LogP contribution >= 0.6 is 0 Å². The van der Waals surface area contributed by atoms with Crippen LogP contribution in [0, 0.1) is 0 Å².